The second kappa shape index (κ2) is 8.74. The lowest BCUT2D eigenvalue weighted by atomic mass is 10.2. The molecule has 2 unspecified atom stereocenters. The summed E-state index contributed by atoms with van der Waals surface area (Å²) in [6.45, 7) is -2.84. The van der Waals surface area contributed by atoms with Gasteiger partial charge in [-0.05, 0) is 0 Å². The van der Waals surface area contributed by atoms with E-state index in [1.807, 2.05) is 0 Å². The molecule has 2 atom stereocenters. The van der Waals surface area contributed by atoms with E-state index in [1.54, 1.807) is 4.74 Å². The van der Waals surface area contributed by atoms with Gasteiger partial charge in [0.05, 0.1) is 6.61 Å². The Hall–Kier alpha value is -1.84. The van der Waals surface area contributed by atoms with Crippen LogP contribution in [0.1, 0.15) is 0 Å². The summed E-state index contributed by atoms with van der Waals surface area (Å²) in [6, 6.07) is 0. The molecule has 0 aromatic heterocycles. The highest BCUT2D eigenvalue weighted by atomic mass is 19.4. The third-order valence-electron chi connectivity index (χ3n) is 3.05. The average Bonchev–Trinajstić information content (AvgIpc) is 2.55. The van der Waals surface area contributed by atoms with Crippen LogP contribution in [-0.2, 0) is 14.3 Å². The third-order valence-corrected chi connectivity index (χ3v) is 3.05. The van der Waals surface area contributed by atoms with Gasteiger partial charge in [0.2, 0.25) is 0 Å². The molecule has 0 saturated carbocycles. The Morgan fingerprint density at radius 2 is 1.06 bits per heavy atom. The van der Waals surface area contributed by atoms with E-state index in [0.29, 0.717) is 5.32 Å². The molecule has 0 rings (SSSR count). The molecule has 0 saturated heterocycles. The third kappa shape index (κ3) is 5.63. The van der Waals surface area contributed by atoms with Crippen LogP contribution in [0.3, 0.4) is 0 Å². The van der Waals surface area contributed by atoms with Crippen molar-refractivity contribution in [3.8, 4) is 0 Å². The normalized spacial score (nSPS) is 18.5. The number of hydrogen-bond donors (Lipinski definition) is 2. The molecule has 198 valence electrons. The zero-order valence-electron chi connectivity index (χ0n) is 14.5. The predicted molar refractivity (Wildman–Crippen MR) is 62.9 cm³/mol. The molecule has 0 spiro atoms. The van der Waals surface area contributed by atoms with E-state index in [2.05, 4.69) is 0 Å². The number of carbonyl (C=O) groups excluding carboxylic acids is 1. The van der Waals surface area contributed by atoms with Crippen molar-refractivity contribution in [2.24, 2.45) is 0 Å². The van der Waals surface area contributed by atoms with Crippen molar-refractivity contribution < 1.29 is 94.0 Å². The number of nitrogens with one attached hydrogen (secondary N) is 1. The standard InChI is InChI=1S/C11H6F17NO4/c12-4(7(16,17)18,3(31)29-1-2-30)32-11(27,28)6(15,9(22,23)24)33-10(25,26)5(13,14)8(19,20)21/h30H,1-2H2,(H,29,31). The highest BCUT2D eigenvalue weighted by Crippen LogP contribution is 2.56. The highest BCUT2D eigenvalue weighted by Gasteiger charge is 2.85. The van der Waals surface area contributed by atoms with E-state index in [1.165, 1.54) is 4.74 Å². The lowest BCUT2D eigenvalue weighted by Crippen LogP contribution is -2.68. The van der Waals surface area contributed by atoms with Crippen LogP contribution >= 0.6 is 0 Å². The Bertz CT molecular complexity index is 701. The number of hydrogen-bond acceptors (Lipinski definition) is 4. The number of carbonyl (C=O) groups is 1. The number of ether oxygens (including phenoxy) is 2. The van der Waals surface area contributed by atoms with Crippen LogP contribution < -0.4 is 5.32 Å². The first-order valence-corrected chi connectivity index (χ1v) is 7.15. The van der Waals surface area contributed by atoms with E-state index < -0.39 is 67.4 Å². The summed E-state index contributed by atoms with van der Waals surface area (Å²) in [7, 11) is 0. The number of halogens is 17. The number of amides is 1. The Morgan fingerprint density at radius 1 is 0.636 bits per heavy atom. The number of aliphatic hydroxyl groups excluding tert-OH is 1. The fraction of sp³-hybridized carbons (Fsp3) is 0.909. The fourth-order valence-corrected chi connectivity index (χ4v) is 1.45. The maximum absolute atomic E-state index is 13.9. The average molecular weight is 539 g/mol. The summed E-state index contributed by atoms with van der Waals surface area (Å²) in [4.78, 5) is 11.1. The SMILES string of the molecule is O=C(NCCO)C(F)(OC(F)(F)C(F)(OC(F)(F)C(F)(F)C(F)(F)F)C(F)(F)F)C(F)(F)F. The summed E-state index contributed by atoms with van der Waals surface area (Å²) in [5.41, 5.74) is 0. The molecular formula is C11H6F17NO4. The molecule has 22 heteroatoms. The van der Waals surface area contributed by atoms with Crippen LogP contribution in [-0.4, -0.2) is 72.5 Å². The van der Waals surface area contributed by atoms with E-state index in [-0.39, 0.29) is 0 Å². The maximum atomic E-state index is 13.9. The molecule has 0 aromatic rings. The minimum Gasteiger partial charge on any atom is -0.395 e. The topological polar surface area (TPSA) is 67.8 Å². The zero-order chi connectivity index (χ0) is 27.1. The van der Waals surface area contributed by atoms with Gasteiger partial charge in [-0.15, -0.1) is 0 Å². The molecule has 0 aromatic carbocycles. The van der Waals surface area contributed by atoms with E-state index in [9.17, 15) is 79.4 Å². The van der Waals surface area contributed by atoms with E-state index in [4.69, 9.17) is 5.11 Å². The second-order valence-electron chi connectivity index (χ2n) is 5.48. The van der Waals surface area contributed by atoms with Crippen LogP contribution in [0.4, 0.5) is 74.6 Å². The Kier molecular flexibility index (Phi) is 8.26. The molecule has 0 aliphatic carbocycles. The van der Waals surface area contributed by atoms with Gasteiger partial charge in [-0.2, -0.15) is 74.6 Å². The van der Waals surface area contributed by atoms with Gasteiger partial charge in [-0.3, -0.25) is 14.3 Å². The first-order chi connectivity index (χ1) is 14.1. The number of rotatable bonds is 9. The van der Waals surface area contributed by atoms with Crippen molar-refractivity contribution in [3.05, 3.63) is 0 Å². The molecule has 33 heavy (non-hydrogen) atoms. The first kappa shape index (κ1) is 31.2. The van der Waals surface area contributed by atoms with Crippen LogP contribution in [0.2, 0.25) is 0 Å². The second-order valence-corrected chi connectivity index (χ2v) is 5.48. The lowest BCUT2D eigenvalue weighted by Gasteiger charge is -2.40. The molecule has 0 radical (unpaired) electrons. The van der Waals surface area contributed by atoms with Crippen molar-refractivity contribution >= 4 is 5.91 Å². The summed E-state index contributed by atoms with van der Waals surface area (Å²) in [5.74, 6) is -26.3. The smallest absolute Gasteiger partial charge is 0.395 e. The molecule has 0 aliphatic rings. The van der Waals surface area contributed by atoms with Gasteiger partial charge in [-0.1, -0.05) is 0 Å². The lowest BCUT2D eigenvalue weighted by molar-refractivity contribution is -0.548. The molecule has 0 heterocycles. The van der Waals surface area contributed by atoms with Crippen LogP contribution in [0.25, 0.3) is 0 Å². The monoisotopic (exact) mass is 539 g/mol. The largest absolute Gasteiger partial charge is 0.462 e. The van der Waals surface area contributed by atoms with Crippen molar-refractivity contribution in [3.63, 3.8) is 0 Å². The first-order valence-electron chi connectivity index (χ1n) is 7.15. The minimum atomic E-state index is -8.06. The maximum Gasteiger partial charge on any atom is 0.462 e. The minimum absolute atomic E-state index is 0.581. The summed E-state index contributed by atoms with van der Waals surface area (Å²) in [5, 5.41) is 8.82. The van der Waals surface area contributed by atoms with E-state index >= 15 is 0 Å². The van der Waals surface area contributed by atoms with Gasteiger partial charge in [0, 0.05) is 6.54 Å². The van der Waals surface area contributed by atoms with E-state index in [0.717, 1.165) is 0 Å². The molecule has 0 aliphatic heterocycles. The fourth-order valence-electron chi connectivity index (χ4n) is 1.45. The Morgan fingerprint density at radius 3 is 1.36 bits per heavy atom. The Balaban J connectivity index is 6.67. The summed E-state index contributed by atoms with van der Waals surface area (Å²) in [6.07, 6.45) is -38.6. The molecule has 1 amide bonds. The molecular weight excluding hydrogens is 533 g/mol. The molecule has 0 fully saturated rings. The van der Waals surface area contributed by atoms with Crippen LogP contribution in [0.5, 0.6) is 0 Å². The Labute approximate surface area is 168 Å². The molecule has 2 N–H and O–H groups in total. The van der Waals surface area contributed by atoms with Crippen LogP contribution in [0, 0.1) is 0 Å². The summed E-state index contributed by atoms with van der Waals surface area (Å²) >= 11 is 0. The predicted octanol–water partition coefficient (Wildman–Crippen LogP) is 3.97. The zero-order valence-corrected chi connectivity index (χ0v) is 14.5. The van der Waals surface area contributed by atoms with Gasteiger partial charge in [0.1, 0.15) is 0 Å². The van der Waals surface area contributed by atoms with Crippen LogP contribution in [0.15, 0.2) is 0 Å². The number of aliphatic hydroxyl groups is 1. The number of alkyl halides is 17. The van der Waals surface area contributed by atoms with Crippen molar-refractivity contribution in [2.75, 3.05) is 13.2 Å². The van der Waals surface area contributed by atoms with Gasteiger partial charge < -0.3 is 10.4 Å². The van der Waals surface area contributed by atoms with Gasteiger partial charge in [0.15, 0.2) is 0 Å². The van der Waals surface area contributed by atoms with Crippen molar-refractivity contribution in [2.45, 2.75) is 48.4 Å². The van der Waals surface area contributed by atoms with Gasteiger partial charge >= 0.3 is 48.4 Å². The van der Waals surface area contributed by atoms with Crippen molar-refractivity contribution in [1.82, 2.24) is 5.32 Å². The molecule has 5 nitrogen and oxygen atoms in total. The van der Waals surface area contributed by atoms with Gasteiger partial charge in [-0.25, -0.2) is 0 Å². The highest BCUT2D eigenvalue weighted by molar-refractivity contribution is 5.84. The van der Waals surface area contributed by atoms with Crippen molar-refractivity contribution in [1.29, 1.82) is 0 Å². The van der Waals surface area contributed by atoms with Gasteiger partial charge in [0.25, 0.3) is 5.91 Å². The summed E-state index contributed by atoms with van der Waals surface area (Å²) < 4.78 is 221. The quantitative estimate of drug-likeness (QED) is 0.436. The molecule has 0 bridgehead atoms.